The molecule has 1 heterocycles. The van der Waals surface area contributed by atoms with Gasteiger partial charge in [0.2, 0.25) is 0 Å². The fraction of sp³-hybridized carbons (Fsp3) is 0.138. The maximum atomic E-state index is 11.8. The van der Waals surface area contributed by atoms with Gasteiger partial charge >= 0.3 is 5.97 Å². The molecule has 0 aliphatic heterocycles. The maximum absolute atomic E-state index is 11.8. The Hall–Kier alpha value is -3.87. The van der Waals surface area contributed by atoms with Crippen molar-refractivity contribution in [3.63, 3.8) is 0 Å². The molecule has 3 aromatic carbocycles. The van der Waals surface area contributed by atoms with Crippen LogP contribution in [-0.4, -0.2) is 27.0 Å². The summed E-state index contributed by atoms with van der Waals surface area (Å²) in [6, 6.07) is 19.9. The molecule has 6 nitrogen and oxygen atoms in total. The van der Waals surface area contributed by atoms with Crippen LogP contribution >= 0.6 is 23.2 Å². The Balaban J connectivity index is 1.74. The number of aromatic carboxylic acids is 1. The molecule has 0 bridgehead atoms. The average molecular weight is 535 g/mol. The average Bonchev–Trinajstić information content (AvgIpc) is 2.87. The van der Waals surface area contributed by atoms with Crippen molar-refractivity contribution in [2.45, 2.75) is 26.2 Å². The summed E-state index contributed by atoms with van der Waals surface area (Å²) < 4.78 is 0. The van der Waals surface area contributed by atoms with Crippen molar-refractivity contribution >= 4 is 34.9 Å². The van der Waals surface area contributed by atoms with Crippen molar-refractivity contribution in [1.82, 2.24) is 4.98 Å². The lowest BCUT2D eigenvalue weighted by molar-refractivity contribution is 0.0697. The van der Waals surface area contributed by atoms with Gasteiger partial charge in [0, 0.05) is 39.7 Å². The summed E-state index contributed by atoms with van der Waals surface area (Å²) in [5.74, 6) is -1.25. The number of rotatable bonds is 7. The monoisotopic (exact) mass is 534 g/mol. The Morgan fingerprint density at radius 3 is 2.24 bits per heavy atom. The van der Waals surface area contributed by atoms with Gasteiger partial charge in [0.05, 0.1) is 11.3 Å². The fourth-order valence-corrected chi connectivity index (χ4v) is 4.92. The first-order valence-electron chi connectivity index (χ1n) is 11.5. The molecular formula is C29H24Cl2N2O4. The second kappa shape index (κ2) is 11.0. The molecule has 0 amide bonds. The van der Waals surface area contributed by atoms with Gasteiger partial charge in [-0.2, -0.15) is 0 Å². The van der Waals surface area contributed by atoms with Gasteiger partial charge in [-0.25, -0.2) is 4.79 Å². The fourth-order valence-electron chi connectivity index (χ4n) is 4.38. The van der Waals surface area contributed by atoms with Crippen LogP contribution in [-0.2, 0) is 0 Å². The first-order valence-corrected chi connectivity index (χ1v) is 12.2. The summed E-state index contributed by atoms with van der Waals surface area (Å²) in [6.45, 7) is 3.57. The van der Waals surface area contributed by atoms with E-state index in [-0.39, 0.29) is 17.0 Å². The lowest BCUT2D eigenvalue weighted by Gasteiger charge is -2.21. The minimum Gasteiger partial charge on any atom is -0.478 e. The van der Waals surface area contributed by atoms with Crippen molar-refractivity contribution in [2.75, 3.05) is 0 Å². The summed E-state index contributed by atoms with van der Waals surface area (Å²) in [5.41, 5.74) is 5.98. The van der Waals surface area contributed by atoms with Gasteiger partial charge < -0.3 is 15.3 Å². The first kappa shape index (κ1) is 26.2. The smallest absolute Gasteiger partial charge is 0.335 e. The number of carboxylic acid groups (broad SMARTS) is 1. The Labute approximate surface area is 223 Å². The van der Waals surface area contributed by atoms with Crippen LogP contribution in [0.15, 0.2) is 82.9 Å². The number of aromatic amines is 1. The van der Waals surface area contributed by atoms with E-state index >= 15 is 0 Å². The van der Waals surface area contributed by atoms with Gasteiger partial charge in [-0.3, -0.25) is 4.79 Å². The molecule has 0 saturated carbocycles. The molecule has 188 valence electrons. The zero-order valence-corrected chi connectivity index (χ0v) is 21.6. The molecule has 37 heavy (non-hydrogen) atoms. The number of oxime groups is 1. The van der Waals surface area contributed by atoms with Crippen molar-refractivity contribution in [3.8, 4) is 11.1 Å². The standard InChI is InChI=1S/C29H24Cl2N2O4/c1-16-11-20(29(35)36)7-9-23(16)18-3-5-19(6-4-18)25(24-10-8-22(30)13-26(24)31)14-27(33-37)21-12-17(2)28(34)32-15-21/h3-13,15,25,37H,14H2,1-2H3,(H,32,34)(H,35,36)/b33-27+/t25-/m1/s1. The molecule has 4 aromatic rings. The largest absolute Gasteiger partial charge is 0.478 e. The van der Waals surface area contributed by atoms with Crippen LogP contribution in [0.2, 0.25) is 10.0 Å². The van der Waals surface area contributed by atoms with E-state index in [4.69, 9.17) is 23.2 Å². The Kier molecular flexibility index (Phi) is 7.81. The van der Waals surface area contributed by atoms with E-state index in [0.29, 0.717) is 33.3 Å². The number of nitrogens with zero attached hydrogens (tertiary/aromatic N) is 1. The van der Waals surface area contributed by atoms with E-state index < -0.39 is 5.97 Å². The maximum Gasteiger partial charge on any atom is 0.335 e. The summed E-state index contributed by atoms with van der Waals surface area (Å²) in [4.78, 5) is 25.8. The van der Waals surface area contributed by atoms with E-state index in [0.717, 1.165) is 27.8 Å². The van der Waals surface area contributed by atoms with Gasteiger partial charge in [-0.15, -0.1) is 0 Å². The lowest BCUT2D eigenvalue weighted by atomic mass is 9.84. The van der Waals surface area contributed by atoms with E-state index in [1.165, 1.54) is 6.20 Å². The number of halogens is 2. The van der Waals surface area contributed by atoms with Gasteiger partial charge in [0.25, 0.3) is 5.56 Å². The number of benzene rings is 3. The number of carbonyl (C=O) groups is 1. The molecule has 0 radical (unpaired) electrons. The SMILES string of the molecule is Cc1cc(C(=O)O)ccc1-c1ccc([C@@H](C/C(=N\O)c2c[nH]c(=O)c(C)c2)c2ccc(Cl)cc2Cl)cc1. The Morgan fingerprint density at radius 2 is 1.65 bits per heavy atom. The number of carboxylic acids is 1. The minimum atomic E-state index is -0.966. The van der Waals surface area contributed by atoms with Gasteiger partial charge in [0.15, 0.2) is 0 Å². The van der Waals surface area contributed by atoms with Crippen LogP contribution in [0, 0.1) is 13.8 Å². The zero-order valence-electron chi connectivity index (χ0n) is 20.1. The van der Waals surface area contributed by atoms with E-state index in [1.807, 2.05) is 37.3 Å². The molecule has 0 saturated heterocycles. The number of pyridine rings is 1. The highest BCUT2D eigenvalue weighted by atomic mass is 35.5. The van der Waals surface area contributed by atoms with Crippen LogP contribution in [0.3, 0.4) is 0 Å². The Morgan fingerprint density at radius 1 is 0.946 bits per heavy atom. The molecule has 0 fully saturated rings. The number of nitrogens with one attached hydrogen (secondary N) is 1. The third kappa shape index (κ3) is 5.77. The second-order valence-corrected chi connectivity index (χ2v) is 9.67. The number of aromatic nitrogens is 1. The summed E-state index contributed by atoms with van der Waals surface area (Å²) >= 11 is 12.7. The molecular weight excluding hydrogens is 511 g/mol. The van der Waals surface area contributed by atoms with Crippen molar-refractivity contribution < 1.29 is 15.1 Å². The number of hydrogen-bond donors (Lipinski definition) is 3. The van der Waals surface area contributed by atoms with Gasteiger partial charge in [0.1, 0.15) is 0 Å². The van der Waals surface area contributed by atoms with E-state index in [1.54, 1.807) is 43.3 Å². The molecule has 8 heteroatoms. The van der Waals surface area contributed by atoms with E-state index in [2.05, 4.69) is 10.1 Å². The van der Waals surface area contributed by atoms with Crippen LogP contribution in [0.4, 0.5) is 0 Å². The van der Waals surface area contributed by atoms with Crippen LogP contribution in [0.25, 0.3) is 11.1 Å². The predicted octanol–water partition coefficient (Wildman–Crippen LogP) is 7.06. The van der Waals surface area contributed by atoms with Crippen molar-refractivity contribution in [1.29, 1.82) is 0 Å². The van der Waals surface area contributed by atoms with Crippen molar-refractivity contribution in [2.24, 2.45) is 5.16 Å². The molecule has 1 aromatic heterocycles. The quantitative estimate of drug-likeness (QED) is 0.134. The highest BCUT2D eigenvalue weighted by molar-refractivity contribution is 6.35. The summed E-state index contributed by atoms with van der Waals surface area (Å²) in [5, 5.41) is 23.7. The third-order valence-electron chi connectivity index (χ3n) is 6.38. The van der Waals surface area contributed by atoms with Crippen molar-refractivity contribution in [3.05, 3.63) is 127 Å². The normalized spacial score (nSPS) is 12.4. The molecule has 1 atom stereocenters. The molecule has 0 aliphatic carbocycles. The van der Waals surface area contributed by atoms with Gasteiger partial charge in [-0.05, 0) is 72.0 Å². The molecule has 4 rings (SSSR count). The summed E-state index contributed by atoms with van der Waals surface area (Å²) in [6.07, 6.45) is 1.83. The molecule has 0 spiro atoms. The Bertz CT molecular complexity index is 1560. The topological polar surface area (TPSA) is 103 Å². The highest BCUT2D eigenvalue weighted by Crippen LogP contribution is 2.36. The molecule has 3 N–H and O–H groups in total. The predicted molar refractivity (Wildman–Crippen MR) is 147 cm³/mol. The van der Waals surface area contributed by atoms with Crippen LogP contribution in [0.1, 0.15) is 50.5 Å². The number of H-pyrrole nitrogens is 1. The number of aryl methyl sites for hydroxylation is 2. The number of hydrogen-bond acceptors (Lipinski definition) is 4. The first-order chi connectivity index (χ1) is 17.7. The van der Waals surface area contributed by atoms with E-state index in [9.17, 15) is 19.9 Å². The van der Waals surface area contributed by atoms with Gasteiger partial charge in [-0.1, -0.05) is 64.8 Å². The van der Waals surface area contributed by atoms with Crippen LogP contribution < -0.4 is 5.56 Å². The second-order valence-electron chi connectivity index (χ2n) is 8.83. The zero-order chi connectivity index (χ0) is 26.7. The molecule has 0 unspecified atom stereocenters. The summed E-state index contributed by atoms with van der Waals surface area (Å²) in [7, 11) is 0. The third-order valence-corrected chi connectivity index (χ3v) is 6.94. The minimum absolute atomic E-state index is 0.208. The lowest BCUT2D eigenvalue weighted by Crippen LogP contribution is -2.15. The van der Waals surface area contributed by atoms with Crippen LogP contribution in [0.5, 0.6) is 0 Å². The molecule has 0 aliphatic rings. The highest BCUT2D eigenvalue weighted by Gasteiger charge is 2.22.